The SMILES string of the molecule is CCCCOc1ccc(-c2c(C(=O)O)nnn2-c2nonc2N)cc1. The van der Waals surface area contributed by atoms with E-state index in [1.165, 1.54) is 4.68 Å². The fourth-order valence-electron chi connectivity index (χ4n) is 2.21. The zero-order chi connectivity index (χ0) is 17.8. The molecule has 2 aromatic heterocycles. The number of aromatic nitrogens is 5. The quantitative estimate of drug-likeness (QED) is 0.613. The van der Waals surface area contributed by atoms with Gasteiger partial charge in [-0.3, -0.25) is 0 Å². The smallest absolute Gasteiger partial charge is 0.358 e. The zero-order valence-electron chi connectivity index (χ0n) is 13.4. The van der Waals surface area contributed by atoms with Crippen molar-refractivity contribution in [3.8, 4) is 22.8 Å². The number of carboxylic acids is 1. The lowest BCUT2D eigenvalue weighted by Gasteiger charge is -2.08. The Balaban J connectivity index is 1.99. The van der Waals surface area contributed by atoms with E-state index in [1.54, 1.807) is 24.3 Å². The number of benzene rings is 1. The largest absolute Gasteiger partial charge is 0.494 e. The molecule has 2 heterocycles. The number of hydrogen-bond acceptors (Lipinski definition) is 8. The highest BCUT2D eigenvalue weighted by atomic mass is 16.6. The Morgan fingerprint density at radius 1 is 1.32 bits per heavy atom. The summed E-state index contributed by atoms with van der Waals surface area (Å²) in [4.78, 5) is 11.5. The number of nitrogen functional groups attached to an aromatic ring is 1. The topological polar surface area (TPSA) is 142 Å². The van der Waals surface area contributed by atoms with Crippen LogP contribution in [0.5, 0.6) is 5.75 Å². The van der Waals surface area contributed by atoms with Gasteiger partial charge in [-0.1, -0.05) is 18.6 Å². The first-order valence-corrected chi connectivity index (χ1v) is 7.62. The summed E-state index contributed by atoms with van der Waals surface area (Å²) in [6.45, 7) is 2.70. The van der Waals surface area contributed by atoms with Gasteiger partial charge >= 0.3 is 5.97 Å². The molecular weight excluding hydrogens is 328 g/mol. The van der Waals surface area contributed by atoms with E-state index in [1.807, 2.05) is 0 Å². The van der Waals surface area contributed by atoms with Crippen LogP contribution in [0.3, 0.4) is 0 Å². The van der Waals surface area contributed by atoms with E-state index in [0.717, 1.165) is 12.8 Å². The second kappa shape index (κ2) is 6.99. The Bertz CT molecular complexity index is 871. The van der Waals surface area contributed by atoms with Gasteiger partial charge < -0.3 is 15.6 Å². The predicted octanol–water partition coefficient (Wildman–Crippen LogP) is 1.78. The fraction of sp³-hybridized carbons (Fsp3) is 0.267. The standard InChI is InChI=1S/C15H16N6O4/c1-2-3-8-24-10-6-4-9(5-7-10)12-11(15(22)23)17-20-21(12)14-13(16)18-25-19-14/h4-7H,2-3,8H2,1H3,(H2,16,18)(H,22,23). The van der Waals surface area contributed by atoms with Crippen molar-refractivity contribution in [1.82, 2.24) is 25.3 Å². The summed E-state index contributed by atoms with van der Waals surface area (Å²) in [5.74, 6) is -0.490. The van der Waals surface area contributed by atoms with Crippen LogP contribution in [-0.2, 0) is 0 Å². The third-order valence-electron chi connectivity index (χ3n) is 3.46. The summed E-state index contributed by atoms with van der Waals surface area (Å²) >= 11 is 0. The maximum Gasteiger partial charge on any atom is 0.358 e. The van der Waals surface area contributed by atoms with Crippen molar-refractivity contribution >= 4 is 11.8 Å². The second-order valence-corrected chi connectivity index (χ2v) is 5.20. The molecule has 10 nitrogen and oxygen atoms in total. The minimum absolute atomic E-state index is 0.0254. The van der Waals surface area contributed by atoms with Gasteiger partial charge in [-0.25, -0.2) is 9.42 Å². The van der Waals surface area contributed by atoms with E-state index >= 15 is 0 Å². The molecular formula is C15H16N6O4. The van der Waals surface area contributed by atoms with Gasteiger partial charge in [-0.2, -0.15) is 4.68 Å². The van der Waals surface area contributed by atoms with E-state index in [2.05, 4.69) is 32.2 Å². The van der Waals surface area contributed by atoms with Crippen LogP contribution in [0.4, 0.5) is 5.82 Å². The van der Waals surface area contributed by atoms with Gasteiger partial charge in [0.1, 0.15) is 11.4 Å². The molecule has 0 bridgehead atoms. The second-order valence-electron chi connectivity index (χ2n) is 5.20. The molecule has 25 heavy (non-hydrogen) atoms. The number of rotatable bonds is 7. The number of nitrogens with zero attached hydrogens (tertiary/aromatic N) is 5. The third-order valence-corrected chi connectivity index (χ3v) is 3.46. The van der Waals surface area contributed by atoms with Crippen molar-refractivity contribution in [1.29, 1.82) is 0 Å². The Morgan fingerprint density at radius 3 is 2.68 bits per heavy atom. The Hall–Kier alpha value is -3.43. The average Bonchev–Trinajstić information content (AvgIpc) is 3.21. The molecule has 0 spiro atoms. The van der Waals surface area contributed by atoms with Crippen LogP contribution >= 0.6 is 0 Å². The molecule has 0 aliphatic carbocycles. The normalized spacial score (nSPS) is 10.8. The molecule has 0 saturated heterocycles. The summed E-state index contributed by atoms with van der Waals surface area (Å²) in [6, 6.07) is 6.93. The third kappa shape index (κ3) is 3.27. The molecule has 0 atom stereocenters. The molecule has 3 rings (SSSR count). The first-order chi connectivity index (χ1) is 12.1. The predicted molar refractivity (Wildman–Crippen MR) is 86.4 cm³/mol. The minimum atomic E-state index is -1.22. The molecule has 0 aliphatic rings. The molecule has 0 saturated carbocycles. The lowest BCUT2D eigenvalue weighted by molar-refractivity contribution is 0.0691. The summed E-state index contributed by atoms with van der Waals surface area (Å²) in [6.07, 6.45) is 2.00. The molecule has 3 aromatic rings. The molecule has 0 aliphatic heterocycles. The summed E-state index contributed by atoms with van der Waals surface area (Å²) in [5, 5.41) is 24.0. The number of unbranched alkanes of at least 4 members (excludes halogenated alkanes) is 1. The fourth-order valence-corrected chi connectivity index (χ4v) is 2.21. The van der Waals surface area contributed by atoms with E-state index in [-0.39, 0.29) is 23.0 Å². The molecule has 10 heteroatoms. The van der Waals surface area contributed by atoms with E-state index in [0.29, 0.717) is 17.9 Å². The van der Waals surface area contributed by atoms with Crippen molar-refractivity contribution in [2.24, 2.45) is 0 Å². The first-order valence-electron chi connectivity index (χ1n) is 7.62. The Morgan fingerprint density at radius 2 is 2.08 bits per heavy atom. The van der Waals surface area contributed by atoms with Gasteiger partial charge in [-0.15, -0.1) is 5.10 Å². The molecule has 0 unspecified atom stereocenters. The van der Waals surface area contributed by atoms with Crippen LogP contribution in [0.15, 0.2) is 28.9 Å². The van der Waals surface area contributed by atoms with Crippen molar-refractivity contribution < 1.29 is 19.3 Å². The zero-order valence-corrected chi connectivity index (χ0v) is 13.4. The van der Waals surface area contributed by atoms with Crippen molar-refractivity contribution in [3.05, 3.63) is 30.0 Å². The Kier molecular flexibility index (Phi) is 4.59. The maximum absolute atomic E-state index is 11.5. The highest BCUT2D eigenvalue weighted by Gasteiger charge is 2.24. The van der Waals surface area contributed by atoms with Crippen molar-refractivity contribution in [2.75, 3.05) is 12.3 Å². The first kappa shape index (κ1) is 16.4. The van der Waals surface area contributed by atoms with E-state index < -0.39 is 5.97 Å². The van der Waals surface area contributed by atoms with Crippen molar-refractivity contribution in [2.45, 2.75) is 19.8 Å². The lowest BCUT2D eigenvalue weighted by Crippen LogP contribution is -2.05. The molecule has 0 amide bonds. The Labute approximate surface area is 142 Å². The lowest BCUT2D eigenvalue weighted by atomic mass is 10.1. The number of carbonyl (C=O) groups is 1. The van der Waals surface area contributed by atoms with E-state index in [4.69, 9.17) is 10.5 Å². The van der Waals surface area contributed by atoms with Gasteiger partial charge in [0, 0.05) is 5.56 Å². The molecule has 0 fully saturated rings. The highest BCUT2D eigenvalue weighted by molar-refractivity contribution is 5.93. The van der Waals surface area contributed by atoms with Gasteiger partial charge in [0.05, 0.1) is 6.61 Å². The molecule has 0 radical (unpaired) electrons. The van der Waals surface area contributed by atoms with Crippen LogP contribution in [0.25, 0.3) is 17.1 Å². The number of anilines is 1. The number of ether oxygens (including phenoxy) is 1. The molecule has 3 N–H and O–H groups in total. The number of aromatic carboxylic acids is 1. The summed E-state index contributed by atoms with van der Waals surface area (Å²) < 4.78 is 11.3. The van der Waals surface area contributed by atoms with Gasteiger partial charge in [0.2, 0.25) is 11.6 Å². The van der Waals surface area contributed by atoms with Gasteiger partial charge in [-0.05, 0) is 41.0 Å². The van der Waals surface area contributed by atoms with Crippen LogP contribution < -0.4 is 10.5 Å². The van der Waals surface area contributed by atoms with E-state index in [9.17, 15) is 9.90 Å². The van der Waals surface area contributed by atoms with Crippen LogP contribution in [-0.4, -0.2) is 43.0 Å². The monoisotopic (exact) mass is 344 g/mol. The van der Waals surface area contributed by atoms with Crippen LogP contribution in [0.2, 0.25) is 0 Å². The molecule has 130 valence electrons. The van der Waals surface area contributed by atoms with Crippen LogP contribution in [0.1, 0.15) is 30.3 Å². The summed E-state index contributed by atoms with van der Waals surface area (Å²) in [7, 11) is 0. The van der Waals surface area contributed by atoms with Gasteiger partial charge in [0.25, 0.3) is 0 Å². The number of hydrogen-bond donors (Lipinski definition) is 2. The summed E-state index contributed by atoms with van der Waals surface area (Å²) in [5.41, 5.74) is 6.22. The molecule has 1 aromatic carbocycles. The van der Waals surface area contributed by atoms with Crippen LogP contribution in [0, 0.1) is 0 Å². The number of carboxylic acid groups (broad SMARTS) is 1. The maximum atomic E-state index is 11.5. The number of nitrogens with two attached hydrogens (primary N) is 1. The van der Waals surface area contributed by atoms with Gasteiger partial charge in [0.15, 0.2) is 5.69 Å². The minimum Gasteiger partial charge on any atom is -0.494 e. The average molecular weight is 344 g/mol. The van der Waals surface area contributed by atoms with Crippen molar-refractivity contribution in [3.63, 3.8) is 0 Å². The highest BCUT2D eigenvalue weighted by Crippen LogP contribution is 2.28.